The third-order valence-corrected chi connectivity index (χ3v) is 3.42. The van der Waals surface area contributed by atoms with Gasteiger partial charge < -0.3 is 15.2 Å². The highest BCUT2D eigenvalue weighted by Gasteiger charge is 2.37. The summed E-state index contributed by atoms with van der Waals surface area (Å²) in [5, 5.41) is 12.2. The highest BCUT2D eigenvalue weighted by atomic mass is 16.5. The summed E-state index contributed by atoms with van der Waals surface area (Å²) < 4.78 is 5.33. The van der Waals surface area contributed by atoms with E-state index in [4.69, 9.17) is 9.84 Å². The van der Waals surface area contributed by atoms with Crippen molar-refractivity contribution in [2.75, 3.05) is 26.3 Å². The van der Waals surface area contributed by atoms with E-state index in [0.29, 0.717) is 18.4 Å². The molecule has 3 atom stereocenters. The van der Waals surface area contributed by atoms with Gasteiger partial charge in [0, 0.05) is 19.8 Å². The van der Waals surface area contributed by atoms with Gasteiger partial charge in [-0.2, -0.15) is 0 Å². The zero-order valence-electron chi connectivity index (χ0n) is 8.24. The number of hydrogen-bond acceptors (Lipinski definition) is 3. The van der Waals surface area contributed by atoms with Crippen molar-refractivity contribution < 1.29 is 14.6 Å². The lowest BCUT2D eigenvalue weighted by Gasteiger charge is -2.32. The summed E-state index contributed by atoms with van der Waals surface area (Å²) in [5.74, 6) is -0.0843. The standard InChI is InChI=1S/C10H17NO3/c12-10(13)9-5-11-3-1-8(9)7-2-4-14-6-7/h7-9,11H,1-6H2,(H,12,13). The zero-order valence-corrected chi connectivity index (χ0v) is 8.24. The smallest absolute Gasteiger partial charge is 0.308 e. The molecule has 4 heteroatoms. The second-order valence-corrected chi connectivity index (χ2v) is 4.23. The Labute approximate surface area is 83.6 Å². The predicted octanol–water partition coefficient (Wildman–Crippen LogP) is 0.333. The molecule has 0 amide bonds. The number of rotatable bonds is 2. The van der Waals surface area contributed by atoms with E-state index in [1.165, 1.54) is 0 Å². The van der Waals surface area contributed by atoms with Crippen LogP contribution in [-0.2, 0) is 9.53 Å². The van der Waals surface area contributed by atoms with Crippen molar-refractivity contribution in [1.29, 1.82) is 0 Å². The molecule has 80 valence electrons. The largest absolute Gasteiger partial charge is 0.481 e. The minimum Gasteiger partial charge on any atom is -0.481 e. The van der Waals surface area contributed by atoms with Crippen molar-refractivity contribution in [3.05, 3.63) is 0 Å². The van der Waals surface area contributed by atoms with Crippen LogP contribution in [0.1, 0.15) is 12.8 Å². The van der Waals surface area contributed by atoms with E-state index >= 15 is 0 Å². The molecule has 2 fully saturated rings. The Morgan fingerprint density at radius 3 is 2.93 bits per heavy atom. The van der Waals surface area contributed by atoms with Crippen LogP contribution in [0.4, 0.5) is 0 Å². The van der Waals surface area contributed by atoms with Gasteiger partial charge in [0.2, 0.25) is 0 Å². The van der Waals surface area contributed by atoms with Crippen LogP contribution in [0.25, 0.3) is 0 Å². The Bertz CT molecular complexity index is 213. The van der Waals surface area contributed by atoms with Crippen LogP contribution in [0.15, 0.2) is 0 Å². The fourth-order valence-electron chi connectivity index (χ4n) is 2.60. The molecule has 0 aliphatic carbocycles. The van der Waals surface area contributed by atoms with Crippen LogP contribution >= 0.6 is 0 Å². The monoisotopic (exact) mass is 199 g/mol. The summed E-state index contributed by atoms with van der Waals surface area (Å²) in [5.41, 5.74) is 0. The molecule has 2 aliphatic rings. The van der Waals surface area contributed by atoms with Crippen LogP contribution in [0, 0.1) is 17.8 Å². The SMILES string of the molecule is O=C(O)C1CNCCC1C1CCOC1. The summed E-state index contributed by atoms with van der Waals surface area (Å²) >= 11 is 0. The summed E-state index contributed by atoms with van der Waals surface area (Å²) in [6, 6.07) is 0. The molecule has 14 heavy (non-hydrogen) atoms. The van der Waals surface area contributed by atoms with Crippen LogP contribution < -0.4 is 5.32 Å². The fraction of sp³-hybridized carbons (Fsp3) is 0.900. The second-order valence-electron chi connectivity index (χ2n) is 4.23. The van der Waals surface area contributed by atoms with Gasteiger partial charge >= 0.3 is 5.97 Å². The van der Waals surface area contributed by atoms with Gasteiger partial charge in [0.1, 0.15) is 0 Å². The molecule has 2 aliphatic heterocycles. The van der Waals surface area contributed by atoms with E-state index in [9.17, 15) is 4.79 Å². The van der Waals surface area contributed by atoms with Crippen LogP contribution in [0.3, 0.4) is 0 Å². The molecule has 0 aromatic carbocycles. The van der Waals surface area contributed by atoms with Crippen LogP contribution in [-0.4, -0.2) is 37.4 Å². The maximum Gasteiger partial charge on any atom is 0.308 e. The molecule has 2 rings (SSSR count). The lowest BCUT2D eigenvalue weighted by molar-refractivity contribution is -0.145. The molecule has 0 aromatic rings. The van der Waals surface area contributed by atoms with E-state index < -0.39 is 5.97 Å². The molecular formula is C10H17NO3. The number of piperidine rings is 1. The fourth-order valence-corrected chi connectivity index (χ4v) is 2.60. The molecule has 4 nitrogen and oxygen atoms in total. The minimum atomic E-state index is -0.658. The molecule has 0 saturated carbocycles. The number of ether oxygens (including phenoxy) is 1. The van der Waals surface area contributed by atoms with E-state index in [1.54, 1.807) is 0 Å². The topological polar surface area (TPSA) is 58.6 Å². The molecular weight excluding hydrogens is 182 g/mol. The van der Waals surface area contributed by atoms with Gasteiger partial charge in [0.25, 0.3) is 0 Å². The molecule has 2 heterocycles. The third-order valence-electron chi connectivity index (χ3n) is 3.42. The quantitative estimate of drug-likeness (QED) is 0.673. The molecule has 2 saturated heterocycles. The van der Waals surface area contributed by atoms with E-state index in [2.05, 4.69) is 5.32 Å². The molecule has 3 unspecified atom stereocenters. The van der Waals surface area contributed by atoms with Crippen molar-refractivity contribution in [1.82, 2.24) is 5.32 Å². The molecule has 2 N–H and O–H groups in total. The predicted molar refractivity (Wildman–Crippen MR) is 51.0 cm³/mol. The van der Waals surface area contributed by atoms with E-state index in [-0.39, 0.29) is 5.92 Å². The number of carboxylic acids is 1. The highest BCUT2D eigenvalue weighted by molar-refractivity contribution is 5.70. The van der Waals surface area contributed by atoms with Crippen molar-refractivity contribution in [3.63, 3.8) is 0 Å². The summed E-state index contributed by atoms with van der Waals surface area (Å²) in [4.78, 5) is 11.0. The maximum absolute atomic E-state index is 11.0. The summed E-state index contributed by atoms with van der Waals surface area (Å²) in [7, 11) is 0. The van der Waals surface area contributed by atoms with E-state index in [1.807, 2.05) is 0 Å². The van der Waals surface area contributed by atoms with Gasteiger partial charge in [-0.3, -0.25) is 4.79 Å². The van der Waals surface area contributed by atoms with Crippen molar-refractivity contribution in [2.45, 2.75) is 12.8 Å². The van der Waals surface area contributed by atoms with Gasteiger partial charge in [-0.25, -0.2) is 0 Å². The third kappa shape index (κ3) is 1.91. The number of carboxylic acid groups (broad SMARTS) is 1. The van der Waals surface area contributed by atoms with Gasteiger partial charge in [-0.05, 0) is 31.2 Å². The molecule has 0 bridgehead atoms. The number of carbonyl (C=O) groups is 1. The first-order chi connectivity index (χ1) is 6.79. The molecule has 0 spiro atoms. The minimum absolute atomic E-state index is 0.213. The molecule has 0 radical (unpaired) electrons. The van der Waals surface area contributed by atoms with Crippen LogP contribution in [0.2, 0.25) is 0 Å². The van der Waals surface area contributed by atoms with Crippen molar-refractivity contribution in [2.24, 2.45) is 17.8 Å². The average molecular weight is 199 g/mol. The van der Waals surface area contributed by atoms with Crippen LogP contribution in [0.5, 0.6) is 0 Å². The second kappa shape index (κ2) is 4.28. The number of aliphatic carboxylic acids is 1. The first-order valence-electron chi connectivity index (χ1n) is 5.30. The normalized spacial score (nSPS) is 38.4. The lowest BCUT2D eigenvalue weighted by Crippen LogP contribution is -2.43. The summed E-state index contributed by atoms with van der Waals surface area (Å²) in [6.07, 6.45) is 2.01. The first-order valence-corrected chi connectivity index (χ1v) is 5.30. The lowest BCUT2D eigenvalue weighted by atomic mass is 9.77. The van der Waals surface area contributed by atoms with Gasteiger partial charge in [-0.1, -0.05) is 0 Å². The van der Waals surface area contributed by atoms with Crippen molar-refractivity contribution in [3.8, 4) is 0 Å². The Morgan fingerprint density at radius 1 is 1.43 bits per heavy atom. The van der Waals surface area contributed by atoms with Crippen molar-refractivity contribution >= 4 is 5.97 Å². The Balaban J connectivity index is 2.01. The van der Waals surface area contributed by atoms with Gasteiger partial charge in [0.05, 0.1) is 5.92 Å². The Hall–Kier alpha value is -0.610. The Morgan fingerprint density at radius 2 is 2.29 bits per heavy atom. The van der Waals surface area contributed by atoms with E-state index in [0.717, 1.165) is 32.6 Å². The maximum atomic E-state index is 11.0. The molecule has 0 aromatic heterocycles. The number of nitrogens with one attached hydrogen (secondary N) is 1. The average Bonchev–Trinajstić information content (AvgIpc) is 2.70. The van der Waals surface area contributed by atoms with Gasteiger partial charge in [-0.15, -0.1) is 0 Å². The Kier molecular flexibility index (Phi) is 3.03. The zero-order chi connectivity index (χ0) is 9.97. The summed E-state index contributed by atoms with van der Waals surface area (Å²) in [6.45, 7) is 3.14. The van der Waals surface area contributed by atoms with Gasteiger partial charge in [0.15, 0.2) is 0 Å². The number of hydrogen-bond donors (Lipinski definition) is 2. The highest BCUT2D eigenvalue weighted by Crippen LogP contribution is 2.32. The first kappa shape index (κ1) is 9.93.